The van der Waals surface area contributed by atoms with E-state index >= 15 is 0 Å². The molecule has 0 spiro atoms. The summed E-state index contributed by atoms with van der Waals surface area (Å²) in [7, 11) is 0. The van der Waals surface area contributed by atoms with Crippen LogP contribution in [0.2, 0.25) is 0 Å². The molecule has 0 unspecified atom stereocenters. The average molecular weight is 419 g/mol. The fourth-order valence-corrected chi connectivity index (χ4v) is 3.68. The van der Waals surface area contributed by atoms with Gasteiger partial charge in [-0.05, 0) is 36.8 Å². The van der Waals surface area contributed by atoms with Crippen molar-refractivity contribution in [2.45, 2.75) is 19.6 Å². The van der Waals surface area contributed by atoms with E-state index in [0.29, 0.717) is 49.7 Å². The van der Waals surface area contributed by atoms with Crippen LogP contribution in [0.15, 0.2) is 45.7 Å². The number of anilines is 1. The highest BCUT2D eigenvalue weighted by atomic mass is 19.4. The van der Waals surface area contributed by atoms with Gasteiger partial charge in [0.25, 0.3) is 0 Å². The smallest absolute Gasteiger partial charge is 0.417 e. The quantitative estimate of drug-likeness (QED) is 0.655. The number of hydrogen-bond donors (Lipinski definition) is 1. The highest BCUT2D eigenvalue weighted by Crippen LogP contribution is 2.31. The predicted octanol–water partition coefficient (Wildman–Crippen LogP) is 3.54. The van der Waals surface area contributed by atoms with Crippen molar-refractivity contribution in [1.29, 1.82) is 0 Å². The molecule has 3 heterocycles. The number of halogens is 3. The van der Waals surface area contributed by atoms with Crippen LogP contribution in [0.1, 0.15) is 16.7 Å². The number of piperazine rings is 1. The summed E-state index contributed by atoms with van der Waals surface area (Å²) in [5, 5.41) is 11.1. The highest BCUT2D eigenvalue weighted by Gasteiger charge is 2.31. The summed E-state index contributed by atoms with van der Waals surface area (Å²) in [4.78, 5) is 19.8. The molecule has 1 saturated heterocycles. The van der Waals surface area contributed by atoms with Crippen molar-refractivity contribution in [3.05, 3.63) is 63.6 Å². The fourth-order valence-electron chi connectivity index (χ4n) is 3.68. The first-order valence-corrected chi connectivity index (χ1v) is 9.48. The second-order valence-electron chi connectivity index (χ2n) is 7.35. The van der Waals surface area contributed by atoms with Crippen molar-refractivity contribution in [3.8, 4) is 5.75 Å². The van der Waals surface area contributed by atoms with Crippen LogP contribution in [-0.2, 0) is 12.7 Å². The lowest BCUT2D eigenvalue weighted by Crippen LogP contribution is -2.46. The molecule has 1 fully saturated rings. The van der Waals surface area contributed by atoms with Gasteiger partial charge in [-0.25, -0.2) is 9.78 Å². The number of pyridine rings is 1. The van der Waals surface area contributed by atoms with Gasteiger partial charge in [-0.2, -0.15) is 13.2 Å². The summed E-state index contributed by atoms with van der Waals surface area (Å²) in [6.45, 7) is 4.60. The van der Waals surface area contributed by atoms with Gasteiger partial charge in [0.15, 0.2) is 0 Å². The Morgan fingerprint density at radius 2 is 1.87 bits per heavy atom. The molecule has 30 heavy (non-hydrogen) atoms. The first-order chi connectivity index (χ1) is 14.2. The van der Waals surface area contributed by atoms with Crippen molar-refractivity contribution in [2.24, 2.45) is 0 Å². The minimum atomic E-state index is -4.40. The summed E-state index contributed by atoms with van der Waals surface area (Å²) in [6, 6.07) is 7.15. The average Bonchev–Trinajstić information content (AvgIpc) is 2.70. The van der Waals surface area contributed by atoms with E-state index < -0.39 is 17.4 Å². The zero-order valence-electron chi connectivity index (χ0n) is 16.2. The third-order valence-corrected chi connectivity index (χ3v) is 5.35. The Labute approximate surface area is 170 Å². The topological polar surface area (TPSA) is 69.8 Å². The molecule has 0 aliphatic carbocycles. The number of fused-ring (bicyclic) bond motifs is 1. The van der Waals surface area contributed by atoms with Crippen LogP contribution in [0.5, 0.6) is 5.75 Å². The monoisotopic (exact) mass is 419 g/mol. The second kappa shape index (κ2) is 7.64. The summed E-state index contributed by atoms with van der Waals surface area (Å²) in [5.74, 6) is 0.556. The molecule has 158 valence electrons. The number of alkyl halides is 3. The molecule has 1 aromatic carbocycles. The molecule has 0 saturated carbocycles. The molecule has 4 rings (SSSR count). The summed E-state index contributed by atoms with van der Waals surface area (Å²) in [6.07, 6.45) is -3.56. The number of benzene rings is 1. The van der Waals surface area contributed by atoms with Crippen molar-refractivity contribution in [3.63, 3.8) is 0 Å². The number of aromatic nitrogens is 1. The van der Waals surface area contributed by atoms with E-state index in [1.807, 2.05) is 11.8 Å². The Balaban J connectivity index is 1.48. The van der Waals surface area contributed by atoms with Crippen molar-refractivity contribution in [2.75, 3.05) is 31.1 Å². The van der Waals surface area contributed by atoms with Gasteiger partial charge in [-0.1, -0.05) is 0 Å². The summed E-state index contributed by atoms with van der Waals surface area (Å²) < 4.78 is 43.5. The number of aromatic hydroxyl groups is 1. The van der Waals surface area contributed by atoms with Crippen LogP contribution < -0.4 is 10.5 Å². The Morgan fingerprint density at radius 3 is 2.50 bits per heavy atom. The number of hydrogen-bond acceptors (Lipinski definition) is 6. The van der Waals surface area contributed by atoms with Gasteiger partial charge in [-0.3, -0.25) is 4.90 Å². The molecular formula is C21H20F3N3O3. The molecule has 3 aromatic rings. The maximum absolute atomic E-state index is 12.7. The normalized spacial score (nSPS) is 15.7. The molecule has 1 aliphatic heterocycles. The lowest BCUT2D eigenvalue weighted by molar-refractivity contribution is -0.137. The van der Waals surface area contributed by atoms with Crippen LogP contribution in [0, 0.1) is 6.92 Å². The Kier molecular flexibility index (Phi) is 5.15. The van der Waals surface area contributed by atoms with Crippen molar-refractivity contribution >= 4 is 16.8 Å². The summed E-state index contributed by atoms with van der Waals surface area (Å²) in [5.41, 5.74) is 0.472. The molecule has 6 nitrogen and oxygen atoms in total. The minimum absolute atomic E-state index is 0.0584. The van der Waals surface area contributed by atoms with E-state index in [9.17, 15) is 23.1 Å². The molecule has 0 atom stereocenters. The SMILES string of the molecule is Cc1cc(=O)oc2c(CN3CCN(c4ccc(C(F)(F)F)cn4)CC3)c(O)ccc12. The molecule has 9 heteroatoms. The standard InChI is InChI=1S/C21H20F3N3O3/c1-13-10-19(29)30-20-15(13)3-4-17(28)16(20)12-26-6-8-27(9-7-26)18-5-2-14(11-25-18)21(22,23)24/h2-5,10-11,28H,6-9,12H2,1H3. The molecule has 0 amide bonds. The van der Waals surface area contributed by atoms with E-state index in [0.717, 1.165) is 23.2 Å². The predicted molar refractivity (Wildman–Crippen MR) is 106 cm³/mol. The van der Waals surface area contributed by atoms with Gasteiger partial charge < -0.3 is 14.4 Å². The van der Waals surface area contributed by atoms with E-state index in [-0.39, 0.29) is 5.75 Å². The molecule has 1 N–H and O–H groups in total. The van der Waals surface area contributed by atoms with Gasteiger partial charge in [0.05, 0.1) is 11.1 Å². The van der Waals surface area contributed by atoms with E-state index in [4.69, 9.17) is 4.42 Å². The van der Waals surface area contributed by atoms with Crippen molar-refractivity contribution < 1.29 is 22.7 Å². The molecule has 0 radical (unpaired) electrons. The van der Waals surface area contributed by atoms with Crippen LogP contribution in [0.3, 0.4) is 0 Å². The summed E-state index contributed by atoms with van der Waals surface area (Å²) >= 11 is 0. The number of aryl methyl sites for hydroxylation is 1. The first kappa shape index (κ1) is 20.2. The molecule has 0 bridgehead atoms. The fraction of sp³-hybridized carbons (Fsp3) is 0.333. The molecule has 2 aromatic heterocycles. The zero-order chi connectivity index (χ0) is 21.5. The number of nitrogens with zero attached hydrogens (tertiary/aromatic N) is 3. The van der Waals surface area contributed by atoms with Gasteiger partial charge >= 0.3 is 11.8 Å². The third-order valence-electron chi connectivity index (χ3n) is 5.35. The first-order valence-electron chi connectivity index (χ1n) is 9.48. The van der Waals surface area contributed by atoms with Crippen LogP contribution in [0.25, 0.3) is 11.0 Å². The number of phenols is 1. The van der Waals surface area contributed by atoms with Crippen LogP contribution in [-0.4, -0.2) is 41.2 Å². The minimum Gasteiger partial charge on any atom is -0.507 e. The van der Waals surface area contributed by atoms with Gasteiger partial charge in [0.2, 0.25) is 0 Å². The Hall–Kier alpha value is -3.07. The Bertz CT molecular complexity index is 1120. The van der Waals surface area contributed by atoms with E-state index in [2.05, 4.69) is 9.88 Å². The van der Waals surface area contributed by atoms with Gasteiger partial charge in [0.1, 0.15) is 17.2 Å². The van der Waals surface area contributed by atoms with Crippen LogP contribution in [0.4, 0.5) is 19.0 Å². The van der Waals surface area contributed by atoms with Gasteiger partial charge in [-0.15, -0.1) is 0 Å². The van der Waals surface area contributed by atoms with Crippen molar-refractivity contribution in [1.82, 2.24) is 9.88 Å². The van der Waals surface area contributed by atoms with E-state index in [1.54, 1.807) is 12.1 Å². The molecular weight excluding hydrogens is 399 g/mol. The zero-order valence-corrected chi connectivity index (χ0v) is 16.2. The number of phenolic OH excluding ortho intramolecular Hbond substituents is 1. The third kappa shape index (κ3) is 3.97. The highest BCUT2D eigenvalue weighted by molar-refractivity contribution is 5.84. The van der Waals surface area contributed by atoms with E-state index in [1.165, 1.54) is 12.1 Å². The largest absolute Gasteiger partial charge is 0.507 e. The number of rotatable bonds is 3. The lowest BCUT2D eigenvalue weighted by atomic mass is 10.1. The maximum Gasteiger partial charge on any atom is 0.417 e. The second-order valence-corrected chi connectivity index (χ2v) is 7.35. The van der Waals surface area contributed by atoms with Gasteiger partial charge in [0, 0.05) is 50.4 Å². The maximum atomic E-state index is 12.7. The lowest BCUT2D eigenvalue weighted by Gasteiger charge is -2.35. The Morgan fingerprint density at radius 1 is 1.13 bits per heavy atom. The molecule has 1 aliphatic rings. The van der Waals surface area contributed by atoms with Crippen LogP contribution >= 0.6 is 0 Å².